The molecule has 0 aliphatic carbocycles. The number of pyridine rings is 1. The number of nitrogens with zero attached hydrogens (tertiary/aromatic N) is 1. The molecule has 1 atom stereocenters. The number of aliphatic hydroxyl groups excluding tert-OH is 1. The van der Waals surface area contributed by atoms with Crippen LogP contribution in [-0.2, 0) is 22.5 Å². The van der Waals surface area contributed by atoms with Crippen LogP contribution in [0.1, 0.15) is 24.6 Å². The molecular formula is C14H24N2O3. The summed E-state index contributed by atoms with van der Waals surface area (Å²) in [7, 11) is 3.31. The Hall–Kier alpha value is -1.17. The molecule has 1 rings (SSSR count). The van der Waals surface area contributed by atoms with Crippen LogP contribution < -0.4 is 5.32 Å². The van der Waals surface area contributed by atoms with Crippen molar-refractivity contribution < 1.29 is 14.6 Å². The molecule has 1 aromatic heterocycles. The topological polar surface area (TPSA) is 63.6 Å². The highest BCUT2D eigenvalue weighted by atomic mass is 16.5. The number of ether oxygens (including phenoxy) is 2. The van der Waals surface area contributed by atoms with Gasteiger partial charge in [0.05, 0.1) is 19.3 Å². The molecule has 0 aromatic carbocycles. The first-order chi connectivity index (χ1) is 9.23. The largest absolute Gasteiger partial charge is 0.392 e. The highest BCUT2D eigenvalue weighted by Crippen LogP contribution is 2.12. The molecule has 0 aliphatic heterocycles. The van der Waals surface area contributed by atoms with E-state index in [4.69, 9.17) is 9.47 Å². The van der Waals surface area contributed by atoms with Crippen molar-refractivity contribution in [3.63, 3.8) is 0 Å². The lowest BCUT2D eigenvalue weighted by Gasteiger charge is -2.16. The van der Waals surface area contributed by atoms with Crippen LogP contribution >= 0.6 is 0 Å². The van der Waals surface area contributed by atoms with Gasteiger partial charge in [0, 0.05) is 26.5 Å². The number of anilines is 1. The van der Waals surface area contributed by atoms with Gasteiger partial charge in [0.25, 0.3) is 0 Å². The van der Waals surface area contributed by atoms with Gasteiger partial charge in [0.15, 0.2) is 0 Å². The predicted octanol–water partition coefficient (Wildman–Crippen LogP) is 1.60. The predicted molar refractivity (Wildman–Crippen MR) is 75.3 cm³/mol. The molecule has 0 spiro atoms. The summed E-state index contributed by atoms with van der Waals surface area (Å²) in [6.07, 6.45) is 1.93. The Labute approximate surface area is 115 Å². The van der Waals surface area contributed by atoms with Gasteiger partial charge < -0.3 is 19.9 Å². The lowest BCUT2D eigenvalue weighted by atomic mass is 10.1. The fraction of sp³-hybridized carbons (Fsp3) is 0.643. The highest BCUT2D eigenvalue weighted by Gasteiger charge is 2.08. The van der Waals surface area contributed by atoms with Gasteiger partial charge in [-0.3, -0.25) is 0 Å². The van der Waals surface area contributed by atoms with E-state index in [0.717, 1.165) is 29.9 Å². The van der Waals surface area contributed by atoms with Crippen molar-refractivity contribution in [2.24, 2.45) is 0 Å². The molecule has 1 aromatic rings. The number of nitrogens with one attached hydrogen (secondary N) is 1. The molecule has 2 N–H and O–H groups in total. The maximum atomic E-state index is 9.26. The molecule has 1 heterocycles. The molecule has 0 radical (unpaired) electrons. The third-order valence-corrected chi connectivity index (χ3v) is 2.82. The molecule has 0 amide bonds. The minimum Gasteiger partial charge on any atom is -0.392 e. The van der Waals surface area contributed by atoms with E-state index in [9.17, 15) is 5.11 Å². The highest BCUT2D eigenvalue weighted by molar-refractivity contribution is 5.39. The summed E-state index contributed by atoms with van der Waals surface area (Å²) in [5.74, 6) is 0.771. The third kappa shape index (κ3) is 5.55. The van der Waals surface area contributed by atoms with E-state index in [-0.39, 0.29) is 12.7 Å². The monoisotopic (exact) mass is 268 g/mol. The number of rotatable bonds is 9. The first-order valence-electron chi connectivity index (χ1n) is 6.59. The Kier molecular flexibility index (Phi) is 7.40. The summed E-state index contributed by atoms with van der Waals surface area (Å²) in [6, 6.07) is 3.80. The zero-order valence-corrected chi connectivity index (χ0v) is 12.0. The molecular weight excluding hydrogens is 244 g/mol. The normalized spacial score (nSPS) is 12.4. The molecule has 0 saturated carbocycles. The molecule has 0 aliphatic rings. The molecule has 108 valence electrons. The number of methoxy groups -OCH3 is 2. The number of aliphatic hydroxyl groups is 1. The standard InChI is InChI=1S/C14H24N2O3/c1-4-5-12-6-11(9-17)7-14(16-12)15-8-13(19-3)10-18-2/h6-7,13,17H,4-5,8-10H2,1-3H3,(H,15,16). The summed E-state index contributed by atoms with van der Waals surface area (Å²) in [5, 5.41) is 12.5. The van der Waals surface area contributed by atoms with Crippen LogP contribution in [0.5, 0.6) is 0 Å². The fourth-order valence-corrected chi connectivity index (χ4v) is 1.83. The lowest BCUT2D eigenvalue weighted by Crippen LogP contribution is -2.27. The van der Waals surface area contributed by atoms with Crippen LogP contribution in [0.15, 0.2) is 12.1 Å². The van der Waals surface area contributed by atoms with Crippen LogP contribution in [0, 0.1) is 0 Å². The Morgan fingerprint density at radius 2 is 2.16 bits per heavy atom. The van der Waals surface area contributed by atoms with Crippen molar-refractivity contribution in [2.45, 2.75) is 32.5 Å². The average molecular weight is 268 g/mol. The van der Waals surface area contributed by atoms with Crippen molar-refractivity contribution in [3.8, 4) is 0 Å². The van der Waals surface area contributed by atoms with Gasteiger partial charge >= 0.3 is 0 Å². The van der Waals surface area contributed by atoms with E-state index in [1.165, 1.54) is 0 Å². The van der Waals surface area contributed by atoms with E-state index < -0.39 is 0 Å². The summed E-state index contributed by atoms with van der Waals surface area (Å²) < 4.78 is 10.3. The summed E-state index contributed by atoms with van der Waals surface area (Å²) in [5.41, 5.74) is 1.87. The number of hydrogen-bond acceptors (Lipinski definition) is 5. The van der Waals surface area contributed by atoms with E-state index >= 15 is 0 Å². The second-order valence-electron chi connectivity index (χ2n) is 4.45. The SMILES string of the molecule is CCCc1cc(CO)cc(NCC(COC)OC)n1. The molecule has 19 heavy (non-hydrogen) atoms. The Morgan fingerprint density at radius 1 is 1.37 bits per heavy atom. The second-order valence-corrected chi connectivity index (χ2v) is 4.45. The van der Waals surface area contributed by atoms with Crippen LogP contribution in [0.4, 0.5) is 5.82 Å². The van der Waals surface area contributed by atoms with Gasteiger partial charge in [-0.1, -0.05) is 13.3 Å². The van der Waals surface area contributed by atoms with Crippen molar-refractivity contribution in [3.05, 3.63) is 23.4 Å². The van der Waals surface area contributed by atoms with E-state index in [1.807, 2.05) is 12.1 Å². The quantitative estimate of drug-likeness (QED) is 0.712. The van der Waals surface area contributed by atoms with Crippen LogP contribution in [0.3, 0.4) is 0 Å². The minimum atomic E-state index is -0.0146. The van der Waals surface area contributed by atoms with Crippen molar-refractivity contribution in [2.75, 3.05) is 32.7 Å². The van der Waals surface area contributed by atoms with E-state index in [0.29, 0.717) is 13.2 Å². The van der Waals surface area contributed by atoms with Crippen molar-refractivity contribution >= 4 is 5.82 Å². The lowest BCUT2D eigenvalue weighted by molar-refractivity contribution is 0.0365. The van der Waals surface area contributed by atoms with Gasteiger partial charge in [0.2, 0.25) is 0 Å². The van der Waals surface area contributed by atoms with Crippen molar-refractivity contribution in [1.29, 1.82) is 0 Å². The van der Waals surface area contributed by atoms with Gasteiger partial charge in [-0.05, 0) is 24.1 Å². The fourth-order valence-electron chi connectivity index (χ4n) is 1.83. The first-order valence-corrected chi connectivity index (χ1v) is 6.59. The molecule has 0 fully saturated rings. The average Bonchev–Trinajstić information content (AvgIpc) is 2.43. The Balaban J connectivity index is 2.67. The second kappa shape index (κ2) is 8.85. The van der Waals surface area contributed by atoms with E-state index in [1.54, 1.807) is 14.2 Å². The zero-order valence-electron chi connectivity index (χ0n) is 12.0. The minimum absolute atomic E-state index is 0.0146. The maximum Gasteiger partial charge on any atom is 0.126 e. The molecule has 5 heteroatoms. The van der Waals surface area contributed by atoms with Crippen LogP contribution in [-0.4, -0.2) is 43.6 Å². The van der Waals surface area contributed by atoms with Crippen molar-refractivity contribution in [1.82, 2.24) is 4.98 Å². The molecule has 1 unspecified atom stereocenters. The zero-order chi connectivity index (χ0) is 14.1. The maximum absolute atomic E-state index is 9.26. The molecule has 0 saturated heterocycles. The Bertz CT molecular complexity index is 372. The first kappa shape index (κ1) is 15.9. The smallest absolute Gasteiger partial charge is 0.126 e. The Morgan fingerprint density at radius 3 is 2.74 bits per heavy atom. The third-order valence-electron chi connectivity index (χ3n) is 2.82. The van der Waals surface area contributed by atoms with Gasteiger partial charge in [-0.25, -0.2) is 4.98 Å². The van der Waals surface area contributed by atoms with Gasteiger partial charge in [-0.15, -0.1) is 0 Å². The molecule has 5 nitrogen and oxygen atoms in total. The van der Waals surface area contributed by atoms with Crippen LogP contribution in [0.25, 0.3) is 0 Å². The van der Waals surface area contributed by atoms with Crippen LogP contribution in [0.2, 0.25) is 0 Å². The number of aryl methyl sites for hydroxylation is 1. The summed E-state index contributed by atoms with van der Waals surface area (Å²) >= 11 is 0. The number of hydrogen-bond donors (Lipinski definition) is 2. The summed E-state index contributed by atoms with van der Waals surface area (Å²) in [4.78, 5) is 4.52. The van der Waals surface area contributed by atoms with Gasteiger partial charge in [0.1, 0.15) is 5.82 Å². The van der Waals surface area contributed by atoms with Gasteiger partial charge in [-0.2, -0.15) is 0 Å². The van der Waals surface area contributed by atoms with E-state index in [2.05, 4.69) is 17.2 Å². The molecule has 0 bridgehead atoms. The number of aromatic nitrogens is 1. The summed E-state index contributed by atoms with van der Waals surface area (Å²) in [6.45, 7) is 3.29.